The van der Waals surface area contributed by atoms with Crippen LogP contribution in [0.4, 0.5) is 0 Å². The van der Waals surface area contributed by atoms with E-state index in [9.17, 15) is 0 Å². The van der Waals surface area contributed by atoms with E-state index in [0.29, 0.717) is 10.5 Å². The first-order valence-corrected chi connectivity index (χ1v) is 33.6. The van der Waals surface area contributed by atoms with Crippen LogP contribution in [0.1, 0.15) is 45.4 Å². The van der Waals surface area contributed by atoms with Gasteiger partial charge in [0, 0.05) is 0 Å². The van der Waals surface area contributed by atoms with Crippen molar-refractivity contribution in [3.8, 4) is 0 Å². The first kappa shape index (κ1) is 22.9. The molecule has 0 saturated carbocycles. The number of unbranched alkanes of at least 4 members (excludes halogenated alkanes) is 5. The van der Waals surface area contributed by atoms with Crippen LogP contribution in [0.15, 0.2) is 12.1 Å². The minimum absolute atomic E-state index is 0.376. The van der Waals surface area contributed by atoms with Crippen molar-refractivity contribution in [3.05, 3.63) is 12.1 Å². The van der Waals surface area contributed by atoms with Gasteiger partial charge in [-0.2, -0.15) is 0 Å². The molecular formula is C22H37S3Sn2+. The molecule has 0 aromatic carbocycles. The Morgan fingerprint density at radius 1 is 0.704 bits per heavy atom. The van der Waals surface area contributed by atoms with Crippen LogP contribution in [0.2, 0.25) is 29.6 Å². The number of hydrogen-bond donors (Lipinski definition) is 0. The van der Waals surface area contributed by atoms with E-state index in [1.54, 1.807) is 24.6 Å². The van der Waals surface area contributed by atoms with E-state index in [4.69, 9.17) is 0 Å². The SMILES string of the molecule is CCCCCCCC[s+]1c2c[c]([Sn]([CH3])([CH3])[CH3])sc2c2s[c]([Sn]([CH3])([CH3])[CH3])cc21. The summed E-state index contributed by atoms with van der Waals surface area (Å²) in [5, 5.41) is 0. The van der Waals surface area contributed by atoms with Crippen LogP contribution in [0, 0.1) is 0 Å². The third-order valence-corrected chi connectivity index (χ3v) is 29.3. The molecule has 0 aliphatic rings. The third-order valence-electron chi connectivity index (χ3n) is 5.31. The summed E-state index contributed by atoms with van der Waals surface area (Å²) in [5.41, 5.74) is 0. The maximum atomic E-state index is 2.67. The molecule has 0 radical (unpaired) electrons. The van der Waals surface area contributed by atoms with Crippen molar-refractivity contribution < 1.29 is 0 Å². The molecule has 3 aromatic rings. The minimum atomic E-state index is -1.98. The van der Waals surface area contributed by atoms with Gasteiger partial charge >= 0.3 is 187 Å². The summed E-state index contributed by atoms with van der Waals surface area (Å²) >= 11 is 0.402. The molecule has 0 spiro atoms. The molecule has 0 saturated heterocycles. The Bertz CT molecular complexity index is 834. The summed E-state index contributed by atoms with van der Waals surface area (Å²) in [5.74, 6) is 1.40. The Labute approximate surface area is 185 Å². The molecule has 3 aromatic heterocycles. The van der Waals surface area contributed by atoms with Gasteiger partial charge in [0.2, 0.25) is 0 Å². The molecular weight excluding hydrogens is 598 g/mol. The van der Waals surface area contributed by atoms with Crippen LogP contribution >= 0.6 is 33.1 Å². The molecule has 0 aliphatic heterocycles. The Balaban J connectivity index is 1.96. The first-order valence-electron chi connectivity index (χ1n) is 10.6. The molecule has 0 nitrogen and oxygen atoms in total. The summed E-state index contributed by atoms with van der Waals surface area (Å²) in [6.07, 6.45) is 8.48. The van der Waals surface area contributed by atoms with Crippen molar-refractivity contribution in [3.63, 3.8) is 0 Å². The number of aryl methyl sites for hydroxylation is 1. The second-order valence-electron chi connectivity index (χ2n) is 9.97. The van der Waals surface area contributed by atoms with Crippen molar-refractivity contribution in [2.75, 3.05) is 0 Å². The second-order valence-corrected chi connectivity index (χ2v) is 45.0. The van der Waals surface area contributed by atoms with Crippen molar-refractivity contribution in [1.29, 1.82) is 0 Å². The van der Waals surface area contributed by atoms with Gasteiger partial charge in [-0.25, -0.2) is 0 Å². The van der Waals surface area contributed by atoms with Gasteiger partial charge in [-0.1, -0.05) is 0 Å². The average molecular weight is 635 g/mol. The molecule has 0 unspecified atom stereocenters. The van der Waals surface area contributed by atoms with E-state index in [1.165, 1.54) is 44.3 Å². The summed E-state index contributed by atoms with van der Waals surface area (Å²) < 4.78 is 10.4. The number of thiophene rings is 3. The average Bonchev–Trinajstić information content (AvgIpc) is 3.21. The van der Waals surface area contributed by atoms with Crippen LogP contribution in [-0.4, -0.2) is 36.8 Å². The van der Waals surface area contributed by atoms with Gasteiger partial charge in [-0.05, 0) is 0 Å². The molecule has 0 N–H and O–H groups in total. The Hall–Kier alpha value is 1.22. The molecule has 3 heterocycles. The molecule has 0 amide bonds. The number of fused-ring (bicyclic) bond motifs is 3. The van der Waals surface area contributed by atoms with Gasteiger partial charge in [0.1, 0.15) is 0 Å². The van der Waals surface area contributed by atoms with E-state index in [0.717, 1.165) is 0 Å². The van der Waals surface area contributed by atoms with E-state index in [2.05, 4.69) is 71.4 Å². The molecule has 150 valence electrons. The van der Waals surface area contributed by atoms with Gasteiger partial charge < -0.3 is 0 Å². The Morgan fingerprint density at radius 3 is 1.59 bits per heavy atom. The van der Waals surface area contributed by atoms with Crippen LogP contribution in [-0.2, 0) is 5.75 Å². The van der Waals surface area contributed by atoms with Crippen LogP contribution < -0.4 is 5.79 Å². The van der Waals surface area contributed by atoms with Gasteiger partial charge in [-0.15, -0.1) is 0 Å². The van der Waals surface area contributed by atoms with Gasteiger partial charge in [0.15, 0.2) is 0 Å². The monoisotopic (exact) mass is 637 g/mol. The van der Waals surface area contributed by atoms with E-state index in [-0.39, 0.29) is 0 Å². The molecule has 0 bridgehead atoms. The summed E-state index contributed by atoms with van der Waals surface area (Å²) in [6.45, 7) is 2.31. The van der Waals surface area contributed by atoms with Crippen LogP contribution in [0.3, 0.4) is 0 Å². The predicted octanol–water partition coefficient (Wildman–Crippen LogP) is 8.32. The summed E-state index contributed by atoms with van der Waals surface area (Å²) in [4.78, 5) is 15.5. The molecule has 5 heteroatoms. The molecule has 0 atom stereocenters. The zero-order chi connectivity index (χ0) is 19.8. The molecule has 0 aliphatic carbocycles. The van der Waals surface area contributed by atoms with Gasteiger partial charge in [0.05, 0.1) is 0 Å². The van der Waals surface area contributed by atoms with Crippen molar-refractivity contribution in [2.24, 2.45) is 0 Å². The van der Waals surface area contributed by atoms with E-state index in [1.807, 2.05) is 0 Å². The van der Waals surface area contributed by atoms with Crippen molar-refractivity contribution >= 4 is 94.5 Å². The van der Waals surface area contributed by atoms with Gasteiger partial charge in [-0.3, -0.25) is 0 Å². The first-order chi connectivity index (χ1) is 12.6. The predicted molar refractivity (Wildman–Crippen MR) is 139 cm³/mol. The Kier molecular flexibility index (Phi) is 7.76. The number of rotatable bonds is 9. The fourth-order valence-corrected chi connectivity index (χ4v) is 20.3. The standard InChI is InChI=1S/C16H19S3.6CH3.2Sn/c1-2-3-4-5-6-7-12-19-13-8-10-17-15(13)16-14(19)9-11-18-16;;;;;;;;/h8-9H,2-7,12H2,1H3;6*1H3;;/q+1;;;;;;;;. The van der Waals surface area contributed by atoms with Crippen molar-refractivity contribution in [2.45, 2.75) is 80.8 Å². The van der Waals surface area contributed by atoms with Gasteiger partial charge in [0.25, 0.3) is 0 Å². The maximum absolute atomic E-state index is 2.67. The fourth-order valence-electron chi connectivity index (χ4n) is 3.54. The molecule has 27 heavy (non-hydrogen) atoms. The zero-order valence-electron chi connectivity index (χ0n) is 18.3. The summed E-state index contributed by atoms with van der Waals surface area (Å²) in [7, 11) is 0.376. The van der Waals surface area contributed by atoms with Crippen LogP contribution in [0.25, 0.3) is 18.8 Å². The quantitative estimate of drug-likeness (QED) is 0.126. The normalized spacial score (nSPS) is 13.3. The van der Waals surface area contributed by atoms with E-state index >= 15 is 0 Å². The topological polar surface area (TPSA) is 0 Å². The zero-order valence-corrected chi connectivity index (χ0v) is 26.5. The van der Waals surface area contributed by atoms with Crippen LogP contribution in [0.5, 0.6) is 0 Å². The van der Waals surface area contributed by atoms with Crippen molar-refractivity contribution in [1.82, 2.24) is 0 Å². The number of hydrogen-bond acceptors (Lipinski definition) is 2. The second kappa shape index (κ2) is 9.15. The third kappa shape index (κ3) is 5.29. The summed E-state index contributed by atoms with van der Waals surface area (Å²) in [6, 6.07) is 5.34. The fraction of sp³-hybridized carbons (Fsp3) is 0.636. The molecule has 0 fully saturated rings. The van der Waals surface area contributed by atoms with E-state index < -0.39 is 36.8 Å². The Morgan fingerprint density at radius 2 is 1.15 bits per heavy atom. The molecule has 3 rings (SSSR count).